The Morgan fingerprint density at radius 3 is 3.12 bits per heavy atom. The van der Waals surface area contributed by atoms with Crippen LogP contribution < -0.4 is 0 Å². The van der Waals surface area contributed by atoms with Crippen molar-refractivity contribution in [1.29, 1.82) is 0 Å². The monoisotopic (exact) mass is 239 g/mol. The van der Waals surface area contributed by atoms with Gasteiger partial charge in [-0.05, 0) is 13.0 Å². The van der Waals surface area contributed by atoms with Gasteiger partial charge in [0, 0.05) is 25.6 Å². The van der Waals surface area contributed by atoms with Gasteiger partial charge in [-0.1, -0.05) is 0 Å². The zero-order valence-electron chi connectivity index (χ0n) is 9.89. The van der Waals surface area contributed by atoms with Crippen molar-refractivity contribution in [1.82, 2.24) is 4.90 Å². The lowest BCUT2D eigenvalue weighted by atomic mass is 10.1. The predicted octanol–water partition coefficient (Wildman–Crippen LogP) is 0.669. The summed E-state index contributed by atoms with van der Waals surface area (Å²) in [5, 5.41) is 9.16. The molecule has 1 fully saturated rings. The number of aliphatic hydroxyl groups excluding tert-OH is 1. The number of furan rings is 1. The highest BCUT2D eigenvalue weighted by Crippen LogP contribution is 2.15. The zero-order valence-corrected chi connectivity index (χ0v) is 9.89. The van der Waals surface area contributed by atoms with E-state index in [9.17, 15) is 4.79 Å². The zero-order chi connectivity index (χ0) is 12.3. The van der Waals surface area contributed by atoms with Gasteiger partial charge in [0.05, 0.1) is 25.0 Å². The summed E-state index contributed by atoms with van der Waals surface area (Å²) in [7, 11) is 0. The Kier molecular flexibility index (Phi) is 3.81. The molecule has 0 radical (unpaired) electrons. The number of amides is 1. The molecule has 1 saturated heterocycles. The number of ether oxygens (including phenoxy) is 1. The summed E-state index contributed by atoms with van der Waals surface area (Å²) in [6.07, 6.45) is 1.51. The summed E-state index contributed by atoms with van der Waals surface area (Å²) in [5.74, 6) is 0.564. The molecule has 1 aromatic rings. The average Bonchev–Trinajstić information content (AvgIpc) is 2.63. The van der Waals surface area contributed by atoms with Crippen LogP contribution in [0.3, 0.4) is 0 Å². The lowest BCUT2D eigenvalue weighted by molar-refractivity contribution is 0.0726. The fourth-order valence-corrected chi connectivity index (χ4v) is 1.95. The molecular formula is C12H17NO4. The number of aryl methyl sites for hydroxylation is 1. The maximum atomic E-state index is 12.2. The lowest BCUT2D eigenvalue weighted by Gasteiger charge is -2.22. The molecule has 0 spiro atoms. The smallest absolute Gasteiger partial charge is 0.257 e. The minimum atomic E-state index is -0.0554. The first-order valence-electron chi connectivity index (χ1n) is 5.74. The minimum absolute atomic E-state index is 0.00587. The molecule has 2 heterocycles. The molecule has 0 aliphatic carbocycles. The number of rotatable bonds is 2. The summed E-state index contributed by atoms with van der Waals surface area (Å²) in [5.41, 5.74) is 0.587. The van der Waals surface area contributed by atoms with Gasteiger partial charge in [-0.3, -0.25) is 4.79 Å². The highest BCUT2D eigenvalue weighted by atomic mass is 16.5. The number of nitrogens with zero attached hydrogens (tertiary/aromatic N) is 1. The van der Waals surface area contributed by atoms with E-state index < -0.39 is 0 Å². The average molecular weight is 239 g/mol. The Balaban J connectivity index is 2.10. The molecule has 1 aliphatic rings. The molecule has 0 saturated carbocycles. The van der Waals surface area contributed by atoms with E-state index in [0.717, 1.165) is 0 Å². The highest BCUT2D eigenvalue weighted by molar-refractivity contribution is 5.95. The third-order valence-electron chi connectivity index (χ3n) is 2.97. The molecule has 2 rings (SSSR count). The van der Waals surface area contributed by atoms with Crippen LogP contribution in [-0.4, -0.2) is 48.8 Å². The fraction of sp³-hybridized carbons (Fsp3) is 0.583. The van der Waals surface area contributed by atoms with E-state index in [0.29, 0.717) is 37.6 Å². The molecule has 1 aliphatic heterocycles. The number of hydrogen-bond acceptors (Lipinski definition) is 4. The van der Waals surface area contributed by atoms with Crippen LogP contribution in [0.15, 0.2) is 16.7 Å². The molecule has 17 heavy (non-hydrogen) atoms. The fourth-order valence-electron chi connectivity index (χ4n) is 1.95. The molecule has 1 N–H and O–H groups in total. The maximum Gasteiger partial charge on any atom is 0.257 e. The second-order valence-electron chi connectivity index (χ2n) is 4.27. The molecule has 0 bridgehead atoms. The van der Waals surface area contributed by atoms with Crippen molar-refractivity contribution < 1.29 is 19.1 Å². The number of hydrogen-bond donors (Lipinski definition) is 1. The number of carbonyl (C=O) groups excluding carboxylic acids is 1. The molecule has 94 valence electrons. The van der Waals surface area contributed by atoms with Crippen molar-refractivity contribution in [2.24, 2.45) is 5.92 Å². The third kappa shape index (κ3) is 2.68. The van der Waals surface area contributed by atoms with Crippen LogP contribution in [0.4, 0.5) is 0 Å². The Hall–Kier alpha value is -1.33. The molecule has 5 nitrogen and oxygen atoms in total. The van der Waals surface area contributed by atoms with Crippen LogP contribution in [0, 0.1) is 12.8 Å². The van der Waals surface area contributed by atoms with Gasteiger partial charge in [-0.15, -0.1) is 0 Å². The van der Waals surface area contributed by atoms with E-state index >= 15 is 0 Å². The number of aliphatic hydroxyl groups is 1. The van der Waals surface area contributed by atoms with Crippen molar-refractivity contribution >= 4 is 5.91 Å². The summed E-state index contributed by atoms with van der Waals surface area (Å²) in [4.78, 5) is 13.9. The second-order valence-corrected chi connectivity index (χ2v) is 4.27. The van der Waals surface area contributed by atoms with Crippen LogP contribution in [0.5, 0.6) is 0 Å². The van der Waals surface area contributed by atoms with Crippen molar-refractivity contribution in [3.05, 3.63) is 23.7 Å². The summed E-state index contributed by atoms with van der Waals surface area (Å²) >= 11 is 0. The van der Waals surface area contributed by atoms with E-state index in [1.54, 1.807) is 17.9 Å². The van der Waals surface area contributed by atoms with Gasteiger partial charge >= 0.3 is 0 Å². The third-order valence-corrected chi connectivity index (χ3v) is 2.97. The summed E-state index contributed by atoms with van der Waals surface area (Å²) < 4.78 is 10.5. The number of carbonyl (C=O) groups is 1. The van der Waals surface area contributed by atoms with Crippen molar-refractivity contribution in [3.8, 4) is 0 Å². The van der Waals surface area contributed by atoms with Crippen molar-refractivity contribution in [3.63, 3.8) is 0 Å². The Morgan fingerprint density at radius 1 is 1.65 bits per heavy atom. The largest absolute Gasteiger partial charge is 0.469 e. The van der Waals surface area contributed by atoms with Crippen molar-refractivity contribution in [2.75, 3.05) is 32.9 Å². The molecule has 5 heteroatoms. The Bertz CT molecular complexity index is 388. The first-order chi connectivity index (χ1) is 8.22. The predicted molar refractivity (Wildman–Crippen MR) is 60.7 cm³/mol. The summed E-state index contributed by atoms with van der Waals surface area (Å²) in [6, 6.07) is 1.68. The van der Waals surface area contributed by atoms with Gasteiger partial charge in [-0.2, -0.15) is 0 Å². The van der Waals surface area contributed by atoms with Gasteiger partial charge in [0.1, 0.15) is 5.76 Å². The first-order valence-corrected chi connectivity index (χ1v) is 5.74. The van der Waals surface area contributed by atoms with E-state index in [4.69, 9.17) is 14.3 Å². The van der Waals surface area contributed by atoms with Crippen LogP contribution in [0.1, 0.15) is 16.1 Å². The van der Waals surface area contributed by atoms with E-state index in [1.807, 2.05) is 0 Å². The van der Waals surface area contributed by atoms with Gasteiger partial charge < -0.3 is 19.2 Å². The molecule has 0 unspecified atom stereocenters. The maximum absolute atomic E-state index is 12.2. The normalized spacial score (nSPS) is 21.3. The molecule has 1 aromatic heterocycles. The van der Waals surface area contributed by atoms with E-state index in [1.165, 1.54) is 6.26 Å². The summed E-state index contributed by atoms with van der Waals surface area (Å²) in [6.45, 7) is 3.91. The van der Waals surface area contributed by atoms with Gasteiger partial charge in [0.25, 0.3) is 5.91 Å². The SMILES string of the molecule is Cc1occc1C(=O)N1CCOC[C@@H](CO)C1. The van der Waals surface area contributed by atoms with Crippen LogP contribution in [-0.2, 0) is 4.74 Å². The van der Waals surface area contributed by atoms with Crippen LogP contribution in [0.2, 0.25) is 0 Å². The highest BCUT2D eigenvalue weighted by Gasteiger charge is 2.24. The topological polar surface area (TPSA) is 62.9 Å². The minimum Gasteiger partial charge on any atom is -0.469 e. The quantitative estimate of drug-likeness (QED) is 0.824. The second kappa shape index (κ2) is 5.33. The molecule has 1 amide bonds. The van der Waals surface area contributed by atoms with Crippen LogP contribution >= 0.6 is 0 Å². The van der Waals surface area contributed by atoms with E-state index in [2.05, 4.69) is 0 Å². The standard InChI is InChI=1S/C12H17NO4/c1-9-11(2-4-17-9)12(15)13-3-5-16-8-10(6-13)7-14/h2,4,10,14H,3,5-8H2,1H3/t10-/m1/s1. The molecule has 0 aromatic carbocycles. The van der Waals surface area contributed by atoms with Crippen LogP contribution in [0.25, 0.3) is 0 Å². The Morgan fingerprint density at radius 2 is 2.47 bits per heavy atom. The van der Waals surface area contributed by atoms with Gasteiger partial charge in [0.2, 0.25) is 0 Å². The van der Waals surface area contributed by atoms with Gasteiger partial charge in [0.15, 0.2) is 0 Å². The first kappa shape index (κ1) is 12.1. The lowest BCUT2D eigenvalue weighted by Crippen LogP contribution is -2.36. The molecular weight excluding hydrogens is 222 g/mol. The van der Waals surface area contributed by atoms with Gasteiger partial charge in [-0.25, -0.2) is 0 Å². The Labute approximate surface area is 100.0 Å². The van der Waals surface area contributed by atoms with Crippen molar-refractivity contribution in [2.45, 2.75) is 6.92 Å². The molecule has 1 atom stereocenters. The van der Waals surface area contributed by atoms with E-state index in [-0.39, 0.29) is 18.4 Å².